The highest BCUT2D eigenvalue weighted by atomic mass is 127. The SMILES string of the molecule is CCNC(=NCC1(C)COC1)NC1CCN(c2cccs2)CC1.I. The van der Waals surface area contributed by atoms with Crippen molar-refractivity contribution in [2.75, 3.05) is 44.3 Å². The van der Waals surface area contributed by atoms with Crippen LogP contribution in [0.15, 0.2) is 22.5 Å². The highest BCUT2D eigenvalue weighted by Gasteiger charge is 2.33. The van der Waals surface area contributed by atoms with E-state index < -0.39 is 0 Å². The van der Waals surface area contributed by atoms with E-state index in [4.69, 9.17) is 9.73 Å². The first-order valence-corrected chi connectivity index (χ1v) is 9.47. The molecule has 0 aliphatic carbocycles. The van der Waals surface area contributed by atoms with Crippen LogP contribution < -0.4 is 15.5 Å². The van der Waals surface area contributed by atoms with Gasteiger partial charge in [0.1, 0.15) is 0 Å². The number of hydrogen-bond acceptors (Lipinski definition) is 4. The number of nitrogens with one attached hydrogen (secondary N) is 2. The summed E-state index contributed by atoms with van der Waals surface area (Å²) in [6.07, 6.45) is 2.31. The maximum atomic E-state index is 5.31. The predicted octanol–water partition coefficient (Wildman–Crippen LogP) is 2.93. The van der Waals surface area contributed by atoms with Gasteiger partial charge in [-0.2, -0.15) is 0 Å². The Morgan fingerprint density at radius 1 is 1.42 bits per heavy atom. The molecule has 24 heavy (non-hydrogen) atoms. The van der Waals surface area contributed by atoms with Crippen LogP contribution in [0.5, 0.6) is 0 Å². The standard InChI is InChI=1S/C17H28N4OS.HI/c1-3-18-16(19-11-17(2)12-22-13-17)20-14-6-8-21(9-7-14)15-5-4-10-23-15;/h4-5,10,14H,3,6-9,11-13H2,1-2H3,(H2,18,19,20);1H. The van der Waals surface area contributed by atoms with Crippen LogP contribution in [0, 0.1) is 5.41 Å². The average molecular weight is 464 g/mol. The molecule has 0 saturated carbocycles. The number of anilines is 1. The van der Waals surface area contributed by atoms with Crippen LogP contribution in [0.2, 0.25) is 0 Å². The third-order valence-corrected chi connectivity index (χ3v) is 5.45. The number of hydrogen-bond donors (Lipinski definition) is 2. The van der Waals surface area contributed by atoms with Crippen molar-refractivity contribution in [2.24, 2.45) is 10.4 Å². The molecule has 2 saturated heterocycles. The van der Waals surface area contributed by atoms with Gasteiger partial charge in [-0.1, -0.05) is 6.92 Å². The Bertz CT molecular complexity index is 511. The molecule has 0 unspecified atom stereocenters. The molecule has 2 fully saturated rings. The second-order valence-corrected chi connectivity index (χ2v) is 7.78. The van der Waals surface area contributed by atoms with Gasteiger partial charge in [0.15, 0.2) is 5.96 Å². The zero-order valence-electron chi connectivity index (χ0n) is 14.6. The summed E-state index contributed by atoms with van der Waals surface area (Å²) in [4.78, 5) is 7.26. The number of ether oxygens (including phenoxy) is 1. The molecule has 0 amide bonds. The summed E-state index contributed by atoms with van der Waals surface area (Å²) in [5.74, 6) is 0.954. The summed E-state index contributed by atoms with van der Waals surface area (Å²) in [5, 5.41) is 10.5. The fourth-order valence-electron chi connectivity index (χ4n) is 3.02. The number of rotatable bonds is 5. The van der Waals surface area contributed by atoms with Gasteiger partial charge in [-0.05, 0) is 37.3 Å². The molecule has 7 heteroatoms. The zero-order valence-corrected chi connectivity index (χ0v) is 17.7. The van der Waals surface area contributed by atoms with E-state index in [1.165, 1.54) is 5.00 Å². The van der Waals surface area contributed by atoms with Crippen molar-refractivity contribution in [1.82, 2.24) is 10.6 Å². The van der Waals surface area contributed by atoms with Gasteiger partial charge in [0.05, 0.1) is 24.8 Å². The van der Waals surface area contributed by atoms with Crippen LogP contribution in [-0.2, 0) is 4.74 Å². The quantitative estimate of drug-likeness (QED) is 0.400. The van der Waals surface area contributed by atoms with Crippen molar-refractivity contribution >= 4 is 46.3 Å². The summed E-state index contributed by atoms with van der Waals surface area (Å²) < 4.78 is 5.31. The van der Waals surface area contributed by atoms with E-state index in [2.05, 4.69) is 46.9 Å². The van der Waals surface area contributed by atoms with Gasteiger partial charge in [-0.25, -0.2) is 0 Å². The van der Waals surface area contributed by atoms with Crippen molar-refractivity contribution in [3.8, 4) is 0 Å². The fourth-order valence-corrected chi connectivity index (χ4v) is 3.80. The van der Waals surface area contributed by atoms with Crippen LogP contribution >= 0.6 is 35.3 Å². The molecule has 1 aromatic heterocycles. The summed E-state index contributed by atoms with van der Waals surface area (Å²) >= 11 is 1.83. The van der Waals surface area contributed by atoms with E-state index in [1.807, 2.05) is 11.3 Å². The van der Waals surface area contributed by atoms with Gasteiger partial charge in [0.2, 0.25) is 0 Å². The molecular formula is C17H29IN4OS. The highest BCUT2D eigenvalue weighted by molar-refractivity contribution is 14.0. The Labute approximate surface area is 166 Å². The van der Waals surface area contributed by atoms with Crippen molar-refractivity contribution in [3.63, 3.8) is 0 Å². The molecule has 1 aromatic rings. The first-order chi connectivity index (χ1) is 11.2. The molecule has 2 N–H and O–H groups in total. The molecule has 0 spiro atoms. The third-order valence-electron chi connectivity index (χ3n) is 4.52. The van der Waals surface area contributed by atoms with Gasteiger partial charge >= 0.3 is 0 Å². The lowest BCUT2D eigenvalue weighted by Gasteiger charge is -2.37. The van der Waals surface area contributed by atoms with Crippen molar-refractivity contribution in [1.29, 1.82) is 0 Å². The lowest BCUT2D eigenvalue weighted by molar-refractivity contribution is -0.0945. The second kappa shape index (κ2) is 9.24. The normalized spacial score (nSPS) is 20.9. The number of halogens is 1. The average Bonchev–Trinajstić information content (AvgIpc) is 3.06. The summed E-state index contributed by atoms with van der Waals surface area (Å²) in [6, 6.07) is 4.85. The molecule has 5 nitrogen and oxygen atoms in total. The minimum absolute atomic E-state index is 0. The molecule has 136 valence electrons. The first kappa shape index (κ1) is 19.8. The number of nitrogens with zero attached hydrogens (tertiary/aromatic N) is 2. The molecule has 0 radical (unpaired) electrons. The Morgan fingerprint density at radius 3 is 2.71 bits per heavy atom. The minimum Gasteiger partial charge on any atom is -0.380 e. The summed E-state index contributed by atoms with van der Waals surface area (Å²) in [6.45, 7) is 9.97. The van der Waals surface area contributed by atoms with E-state index in [1.54, 1.807) is 0 Å². The molecule has 0 aromatic carbocycles. The Hall–Kier alpha value is -0.540. The lowest BCUT2D eigenvalue weighted by Crippen LogP contribution is -2.49. The topological polar surface area (TPSA) is 48.9 Å². The van der Waals surface area contributed by atoms with Gasteiger partial charge in [0.25, 0.3) is 0 Å². The minimum atomic E-state index is 0. The summed E-state index contributed by atoms with van der Waals surface area (Å²) in [7, 11) is 0. The van der Waals surface area contributed by atoms with Gasteiger partial charge in [0, 0.05) is 31.1 Å². The Balaban J connectivity index is 0.00000208. The van der Waals surface area contributed by atoms with E-state index >= 15 is 0 Å². The molecule has 3 heterocycles. The second-order valence-electron chi connectivity index (χ2n) is 6.86. The maximum absolute atomic E-state index is 5.31. The zero-order chi connectivity index (χ0) is 16.1. The molecule has 2 aliphatic rings. The smallest absolute Gasteiger partial charge is 0.191 e. The monoisotopic (exact) mass is 464 g/mol. The summed E-state index contributed by atoms with van der Waals surface area (Å²) in [5.41, 5.74) is 0.227. The van der Waals surface area contributed by atoms with Gasteiger partial charge in [-0.3, -0.25) is 4.99 Å². The number of thiophene rings is 1. The predicted molar refractivity (Wildman–Crippen MR) is 113 cm³/mol. The van der Waals surface area contributed by atoms with Crippen LogP contribution in [0.25, 0.3) is 0 Å². The first-order valence-electron chi connectivity index (χ1n) is 8.59. The van der Waals surface area contributed by atoms with E-state index in [9.17, 15) is 0 Å². The number of guanidine groups is 1. The molecule has 0 atom stereocenters. The van der Waals surface area contributed by atoms with Crippen LogP contribution in [0.4, 0.5) is 5.00 Å². The lowest BCUT2D eigenvalue weighted by atomic mass is 9.89. The Kier molecular flexibility index (Phi) is 7.61. The molecule has 2 aliphatic heterocycles. The van der Waals surface area contributed by atoms with Crippen LogP contribution in [0.1, 0.15) is 26.7 Å². The maximum Gasteiger partial charge on any atom is 0.191 e. The Morgan fingerprint density at radius 2 is 2.17 bits per heavy atom. The number of piperidine rings is 1. The van der Waals surface area contributed by atoms with Crippen molar-refractivity contribution in [2.45, 2.75) is 32.7 Å². The largest absolute Gasteiger partial charge is 0.380 e. The van der Waals surface area contributed by atoms with Crippen molar-refractivity contribution < 1.29 is 4.74 Å². The van der Waals surface area contributed by atoms with Gasteiger partial charge in [-0.15, -0.1) is 35.3 Å². The third kappa shape index (κ3) is 5.23. The van der Waals surface area contributed by atoms with E-state index in [0.717, 1.165) is 58.2 Å². The van der Waals surface area contributed by atoms with E-state index in [-0.39, 0.29) is 29.4 Å². The van der Waals surface area contributed by atoms with Crippen LogP contribution in [-0.4, -0.2) is 51.4 Å². The van der Waals surface area contributed by atoms with E-state index in [0.29, 0.717) is 6.04 Å². The molecule has 0 bridgehead atoms. The van der Waals surface area contributed by atoms with Crippen LogP contribution in [0.3, 0.4) is 0 Å². The van der Waals surface area contributed by atoms with Gasteiger partial charge < -0.3 is 20.3 Å². The molecular weight excluding hydrogens is 435 g/mol. The fraction of sp³-hybridized carbons (Fsp3) is 0.706. The van der Waals surface area contributed by atoms with Crippen molar-refractivity contribution in [3.05, 3.63) is 17.5 Å². The number of aliphatic imine (C=N–C) groups is 1. The molecule has 3 rings (SSSR count). The highest BCUT2D eigenvalue weighted by Crippen LogP contribution is 2.27.